The number of hydrogen-bond donors (Lipinski definition) is 4. The molecule has 4 N–H and O–H groups in total. The summed E-state index contributed by atoms with van der Waals surface area (Å²) in [5.74, 6) is -0.243. The van der Waals surface area contributed by atoms with Crippen LogP contribution in [0.3, 0.4) is 0 Å². The quantitative estimate of drug-likeness (QED) is 0.464. The van der Waals surface area contributed by atoms with E-state index in [0.717, 1.165) is 31.9 Å². The first-order valence-corrected chi connectivity index (χ1v) is 7.26. The lowest BCUT2D eigenvalue weighted by Gasteiger charge is -2.18. The maximum absolute atomic E-state index is 11.3. The zero-order chi connectivity index (χ0) is 14.0. The van der Waals surface area contributed by atoms with Crippen molar-refractivity contribution >= 4 is 23.8 Å². The molecule has 1 atom stereocenters. The summed E-state index contributed by atoms with van der Waals surface area (Å²) in [4.78, 5) is 21.8. The van der Waals surface area contributed by atoms with E-state index in [1.807, 2.05) is 0 Å². The fourth-order valence-electron chi connectivity index (χ4n) is 1.14. The molecule has 106 valence electrons. The summed E-state index contributed by atoms with van der Waals surface area (Å²) in [6, 6.07) is -0.457. The number of amides is 2. The Kier molecular flexibility index (Phi) is 8.57. The Balaban J connectivity index is 3.58. The molecule has 0 fully saturated rings. The van der Waals surface area contributed by atoms with Gasteiger partial charge in [0.15, 0.2) is 5.60 Å². The van der Waals surface area contributed by atoms with Gasteiger partial charge in [-0.25, -0.2) is 9.59 Å². The molecule has 2 amide bonds. The van der Waals surface area contributed by atoms with Crippen LogP contribution in [0, 0.1) is 0 Å². The molecule has 0 spiro atoms. The van der Waals surface area contributed by atoms with Crippen LogP contribution in [0.15, 0.2) is 0 Å². The van der Waals surface area contributed by atoms with Crippen LogP contribution in [0.4, 0.5) is 4.79 Å². The molecule has 0 heterocycles. The van der Waals surface area contributed by atoms with Gasteiger partial charge in [0.2, 0.25) is 0 Å². The van der Waals surface area contributed by atoms with Gasteiger partial charge in [0, 0.05) is 6.54 Å². The SMILES string of the molecule is CSCCCCCNC(=O)NCC(C)(O)C(=O)O. The molecule has 6 nitrogen and oxygen atoms in total. The van der Waals surface area contributed by atoms with Crippen molar-refractivity contribution in [1.29, 1.82) is 0 Å². The molecule has 0 aromatic heterocycles. The van der Waals surface area contributed by atoms with E-state index in [2.05, 4.69) is 16.9 Å². The van der Waals surface area contributed by atoms with Crippen molar-refractivity contribution in [2.45, 2.75) is 31.8 Å². The molecule has 0 rings (SSSR count). The van der Waals surface area contributed by atoms with Crippen molar-refractivity contribution in [2.24, 2.45) is 0 Å². The molecule has 0 saturated heterocycles. The number of aliphatic hydroxyl groups is 1. The molecule has 0 aliphatic carbocycles. The van der Waals surface area contributed by atoms with E-state index >= 15 is 0 Å². The Morgan fingerprint density at radius 1 is 1.22 bits per heavy atom. The van der Waals surface area contributed by atoms with E-state index in [4.69, 9.17) is 5.11 Å². The van der Waals surface area contributed by atoms with E-state index in [9.17, 15) is 14.7 Å². The third-order valence-corrected chi connectivity index (χ3v) is 3.06. The number of carbonyl (C=O) groups excluding carboxylic acids is 1. The Hall–Kier alpha value is -0.950. The summed E-state index contributed by atoms with van der Waals surface area (Å²) in [6.07, 6.45) is 5.12. The molecule has 7 heteroatoms. The highest BCUT2D eigenvalue weighted by Gasteiger charge is 2.30. The predicted octanol–water partition coefficient (Wildman–Crippen LogP) is 0.654. The summed E-state index contributed by atoms with van der Waals surface area (Å²) in [6.45, 7) is 1.37. The van der Waals surface area contributed by atoms with Gasteiger partial charge < -0.3 is 20.8 Å². The first kappa shape index (κ1) is 17.1. The number of rotatable bonds is 9. The smallest absolute Gasteiger partial charge is 0.337 e. The first-order chi connectivity index (χ1) is 8.40. The van der Waals surface area contributed by atoms with Crippen molar-refractivity contribution in [3.63, 3.8) is 0 Å². The third kappa shape index (κ3) is 8.19. The minimum absolute atomic E-state index is 0.319. The molecule has 0 radical (unpaired) electrons. The maximum Gasteiger partial charge on any atom is 0.337 e. The number of carboxylic acid groups (broad SMARTS) is 1. The normalized spacial score (nSPS) is 13.7. The highest BCUT2D eigenvalue weighted by Crippen LogP contribution is 2.02. The summed E-state index contributed by atoms with van der Waals surface area (Å²) < 4.78 is 0. The van der Waals surface area contributed by atoms with Crippen molar-refractivity contribution in [3.8, 4) is 0 Å². The molecular weight excluding hydrogens is 256 g/mol. The van der Waals surface area contributed by atoms with Gasteiger partial charge in [-0.3, -0.25) is 0 Å². The Bertz CT molecular complexity index is 272. The highest BCUT2D eigenvalue weighted by molar-refractivity contribution is 7.98. The topological polar surface area (TPSA) is 98.7 Å². The van der Waals surface area contributed by atoms with Gasteiger partial charge in [-0.05, 0) is 31.8 Å². The molecule has 0 aliphatic heterocycles. The van der Waals surface area contributed by atoms with Crippen molar-refractivity contribution in [2.75, 3.05) is 25.1 Å². The largest absolute Gasteiger partial charge is 0.479 e. The van der Waals surface area contributed by atoms with Crippen LogP contribution in [-0.4, -0.2) is 52.9 Å². The Labute approximate surface area is 112 Å². The van der Waals surface area contributed by atoms with Crippen LogP contribution in [-0.2, 0) is 4.79 Å². The summed E-state index contributed by atoms with van der Waals surface area (Å²) in [5.41, 5.74) is -1.93. The van der Waals surface area contributed by atoms with Crippen molar-refractivity contribution in [3.05, 3.63) is 0 Å². The molecule has 0 saturated carbocycles. The van der Waals surface area contributed by atoms with Gasteiger partial charge in [-0.2, -0.15) is 11.8 Å². The second-order valence-corrected chi connectivity index (χ2v) is 5.23. The lowest BCUT2D eigenvalue weighted by Crippen LogP contribution is -2.49. The molecule has 0 aliphatic rings. The average molecular weight is 278 g/mol. The zero-order valence-electron chi connectivity index (χ0n) is 10.9. The van der Waals surface area contributed by atoms with Gasteiger partial charge in [0.25, 0.3) is 0 Å². The van der Waals surface area contributed by atoms with Gasteiger partial charge in [-0.15, -0.1) is 0 Å². The Morgan fingerprint density at radius 3 is 2.44 bits per heavy atom. The standard InChI is InChI=1S/C11H22N2O4S/c1-11(17,9(14)15)8-13-10(16)12-6-4-3-5-7-18-2/h17H,3-8H2,1-2H3,(H,14,15)(H2,12,13,16). The predicted molar refractivity (Wildman–Crippen MR) is 71.9 cm³/mol. The molecule has 0 aromatic carbocycles. The van der Waals surface area contributed by atoms with E-state index < -0.39 is 17.6 Å². The number of hydrogen-bond acceptors (Lipinski definition) is 4. The third-order valence-electron chi connectivity index (χ3n) is 2.36. The van der Waals surface area contributed by atoms with Crippen LogP contribution in [0.5, 0.6) is 0 Å². The average Bonchev–Trinajstić information content (AvgIpc) is 2.31. The minimum atomic E-state index is -1.93. The first-order valence-electron chi connectivity index (χ1n) is 5.86. The van der Waals surface area contributed by atoms with Crippen molar-refractivity contribution in [1.82, 2.24) is 10.6 Å². The van der Waals surface area contributed by atoms with Crippen LogP contribution < -0.4 is 10.6 Å². The van der Waals surface area contributed by atoms with Crippen LogP contribution in [0.1, 0.15) is 26.2 Å². The van der Waals surface area contributed by atoms with Gasteiger partial charge in [-0.1, -0.05) is 6.42 Å². The van der Waals surface area contributed by atoms with Gasteiger partial charge in [0.1, 0.15) is 0 Å². The van der Waals surface area contributed by atoms with E-state index in [-0.39, 0.29) is 6.54 Å². The summed E-state index contributed by atoms with van der Waals surface area (Å²) in [7, 11) is 0. The number of urea groups is 1. The van der Waals surface area contributed by atoms with E-state index in [1.165, 1.54) is 0 Å². The highest BCUT2D eigenvalue weighted by atomic mass is 32.2. The number of thioether (sulfide) groups is 1. The molecule has 0 aromatic rings. The van der Waals surface area contributed by atoms with Crippen LogP contribution in [0.2, 0.25) is 0 Å². The zero-order valence-corrected chi connectivity index (χ0v) is 11.7. The monoisotopic (exact) mass is 278 g/mol. The van der Waals surface area contributed by atoms with Gasteiger partial charge >= 0.3 is 12.0 Å². The minimum Gasteiger partial charge on any atom is -0.479 e. The number of carboxylic acids is 1. The van der Waals surface area contributed by atoms with E-state index in [0.29, 0.717) is 6.54 Å². The molecule has 0 bridgehead atoms. The molecular formula is C11H22N2O4S. The van der Waals surface area contributed by atoms with E-state index in [1.54, 1.807) is 11.8 Å². The fraction of sp³-hybridized carbons (Fsp3) is 0.818. The molecule has 1 unspecified atom stereocenters. The maximum atomic E-state index is 11.3. The van der Waals surface area contributed by atoms with Crippen LogP contribution in [0.25, 0.3) is 0 Å². The molecule has 18 heavy (non-hydrogen) atoms. The van der Waals surface area contributed by atoms with Crippen molar-refractivity contribution < 1.29 is 19.8 Å². The lowest BCUT2D eigenvalue weighted by molar-refractivity contribution is -0.155. The Morgan fingerprint density at radius 2 is 1.89 bits per heavy atom. The second kappa shape index (κ2) is 9.04. The summed E-state index contributed by atoms with van der Waals surface area (Å²) >= 11 is 1.80. The number of nitrogens with one attached hydrogen (secondary N) is 2. The van der Waals surface area contributed by atoms with Gasteiger partial charge in [0.05, 0.1) is 6.54 Å². The lowest BCUT2D eigenvalue weighted by atomic mass is 10.1. The summed E-state index contributed by atoms with van der Waals surface area (Å²) in [5, 5.41) is 22.9. The number of unbranched alkanes of at least 4 members (excludes halogenated alkanes) is 2. The second-order valence-electron chi connectivity index (χ2n) is 4.24. The number of aliphatic carboxylic acids is 1. The van der Waals surface area contributed by atoms with Crippen LogP contribution >= 0.6 is 11.8 Å². The fourth-order valence-corrected chi connectivity index (χ4v) is 1.63. The number of carbonyl (C=O) groups is 2.